The van der Waals surface area contributed by atoms with E-state index in [4.69, 9.17) is 10.5 Å². The molecule has 2 aromatic heterocycles. The molecule has 0 amide bonds. The number of nitrogens with two attached hydrogens (primary N) is 1. The Bertz CT molecular complexity index is 823. The fourth-order valence-electron chi connectivity index (χ4n) is 2.63. The molecule has 0 saturated heterocycles. The van der Waals surface area contributed by atoms with Gasteiger partial charge in [0.2, 0.25) is 0 Å². The van der Waals surface area contributed by atoms with Gasteiger partial charge in [-0.3, -0.25) is 4.98 Å². The number of imidazole rings is 1. The summed E-state index contributed by atoms with van der Waals surface area (Å²) in [6.45, 7) is 5.76. The van der Waals surface area contributed by atoms with Gasteiger partial charge in [0, 0.05) is 18.3 Å². The Labute approximate surface area is 136 Å². The minimum Gasteiger partial charge on any atom is -0.497 e. The first-order chi connectivity index (χ1) is 11.0. The summed E-state index contributed by atoms with van der Waals surface area (Å²) >= 11 is 0. The van der Waals surface area contributed by atoms with E-state index in [1.165, 1.54) is 0 Å². The summed E-state index contributed by atoms with van der Waals surface area (Å²) in [6.07, 6.45) is 3.69. The van der Waals surface area contributed by atoms with Crippen molar-refractivity contribution < 1.29 is 4.74 Å². The van der Waals surface area contributed by atoms with E-state index >= 15 is 0 Å². The molecule has 0 fully saturated rings. The van der Waals surface area contributed by atoms with Crippen molar-refractivity contribution in [3.05, 3.63) is 42.9 Å². The van der Waals surface area contributed by atoms with Crippen molar-refractivity contribution in [1.82, 2.24) is 14.5 Å². The lowest BCUT2D eigenvalue weighted by Crippen LogP contribution is -2.28. The van der Waals surface area contributed by atoms with Gasteiger partial charge in [-0.05, 0) is 30.2 Å². The van der Waals surface area contributed by atoms with E-state index in [1.807, 2.05) is 42.9 Å². The van der Waals surface area contributed by atoms with E-state index < -0.39 is 0 Å². The van der Waals surface area contributed by atoms with Crippen LogP contribution in [0.2, 0.25) is 0 Å². The van der Waals surface area contributed by atoms with Crippen molar-refractivity contribution >= 4 is 11.0 Å². The predicted molar refractivity (Wildman–Crippen MR) is 92.4 cm³/mol. The van der Waals surface area contributed by atoms with E-state index in [-0.39, 0.29) is 5.41 Å². The second-order valence-corrected chi connectivity index (χ2v) is 6.50. The number of hydrogen-bond acceptors (Lipinski definition) is 4. The fraction of sp³-hybridized carbons (Fsp3) is 0.333. The molecule has 0 radical (unpaired) electrons. The zero-order valence-electron chi connectivity index (χ0n) is 13.8. The molecule has 1 aromatic carbocycles. The number of rotatable bonds is 5. The number of benzene rings is 1. The lowest BCUT2D eigenvalue weighted by molar-refractivity contribution is 0.321. The van der Waals surface area contributed by atoms with E-state index in [2.05, 4.69) is 28.4 Å². The van der Waals surface area contributed by atoms with Crippen LogP contribution in [0.1, 0.15) is 13.8 Å². The van der Waals surface area contributed by atoms with Crippen LogP contribution in [0.3, 0.4) is 0 Å². The minimum atomic E-state index is 0.0209. The predicted octanol–water partition coefficient (Wildman–Crippen LogP) is 3.09. The maximum absolute atomic E-state index is 5.86. The smallest absolute Gasteiger partial charge is 0.119 e. The minimum absolute atomic E-state index is 0.0209. The Morgan fingerprint density at radius 3 is 2.78 bits per heavy atom. The zero-order chi connectivity index (χ0) is 16.4. The number of nitrogens with zero attached hydrogens (tertiary/aromatic N) is 3. The summed E-state index contributed by atoms with van der Waals surface area (Å²) in [5.74, 6) is 0.810. The van der Waals surface area contributed by atoms with E-state index in [0.29, 0.717) is 6.54 Å². The van der Waals surface area contributed by atoms with Crippen LogP contribution in [0.5, 0.6) is 5.75 Å². The Morgan fingerprint density at radius 2 is 2.04 bits per heavy atom. The number of ether oxygens (including phenoxy) is 1. The van der Waals surface area contributed by atoms with Crippen LogP contribution in [0, 0.1) is 5.41 Å². The highest BCUT2D eigenvalue weighted by Crippen LogP contribution is 2.29. The number of hydrogen-bond donors (Lipinski definition) is 1. The Balaban J connectivity index is 2.08. The van der Waals surface area contributed by atoms with Gasteiger partial charge in [0.25, 0.3) is 0 Å². The molecule has 0 saturated carbocycles. The monoisotopic (exact) mass is 310 g/mol. The third-order valence-corrected chi connectivity index (χ3v) is 4.03. The third-order valence-electron chi connectivity index (χ3n) is 4.03. The quantitative estimate of drug-likeness (QED) is 0.786. The molecule has 0 aliphatic rings. The third kappa shape index (κ3) is 3.05. The first kappa shape index (κ1) is 15.5. The summed E-state index contributed by atoms with van der Waals surface area (Å²) in [6, 6.07) is 9.88. The normalized spacial score (nSPS) is 11.8. The molecule has 0 spiro atoms. The molecule has 0 aliphatic heterocycles. The lowest BCUT2D eigenvalue weighted by Gasteiger charge is -2.23. The topological polar surface area (TPSA) is 66.0 Å². The van der Waals surface area contributed by atoms with Crippen LogP contribution in [0.4, 0.5) is 0 Å². The van der Waals surface area contributed by atoms with Crippen molar-refractivity contribution in [3.8, 4) is 17.0 Å². The number of aromatic nitrogens is 3. The number of methoxy groups -OCH3 is 1. The standard InChI is InChI=1S/C18H22N4O/c1-18(2,10-19)11-22-12-21-17-15(22)7-8-20-16(17)13-5-4-6-14(9-13)23-3/h4-9,12H,10-11,19H2,1-3H3. The van der Waals surface area contributed by atoms with Crippen LogP contribution in [0.25, 0.3) is 22.3 Å². The van der Waals surface area contributed by atoms with Crippen LogP contribution in [0.15, 0.2) is 42.9 Å². The number of fused-ring (bicyclic) bond motifs is 1. The molecule has 23 heavy (non-hydrogen) atoms. The molecule has 5 nitrogen and oxygen atoms in total. The second-order valence-electron chi connectivity index (χ2n) is 6.50. The van der Waals surface area contributed by atoms with Crippen molar-refractivity contribution in [3.63, 3.8) is 0 Å². The molecule has 120 valence electrons. The molecule has 5 heteroatoms. The average Bonchev–Trinajstić information content (AvgIpc) is 2.97. The van der Waals surface area contributed by atoms with Crippen molar-refractivity contribution in [1.29, 1.82) is 0 Å². The molecule has 3 rings (SSSR count). The second kappa shape index (κ2) is 6.01. The fourth-order valence-corrected chi connectivity index (χ4v) is 2.63. The molecular formula is C18H22N4O. The molecule has 0 bridgehead atoms. The molecular weight excluding hydrogens is 288 g/mol. The van der Waals surface area contributed by atoms with E-state index in [0.717, 1.165) is 34.6 Å². The summed E-state index contributed by atoms with van der Waals surface area (Å²) in [5, 5.41) is 0. The first-order valence-electron chi connectivity index (χ1n) is 7.68. The average molecular weight is 310 g/mol. The maximum Gasteiger partial charge on any atom is 0.119 e. The van der Waals surface area contributed by atoms with Crippen molar-refractivity contribution in [2.24, 2.45) is 11.1 Å². The highest BCUT2D eigenvalue weighted by Gasteiger charge is 2.19. The largest absolute Gasteiger partial charge is 0.497 e. The SMILES string of the molecule is COc1cccc(-c2nccc3c2ncn3CC(C)(C)CN)c1. The highest BCUT2D eigenvalue weighted by molar-refractivity contribution is 5.89. The van der Waals surface area contributed by atoms with E-state index in [1.54, 1.807) is 7.11 Å². The van der Waals surface area contributed by atoms with Gasteiger partial charge >= 0.3 is 0 Å². The summed E-state index contributed by atoms with van der Waals surface area (Å²) in [5.41, 5.74) is 9.71. The molecule has 0 unspecified atom stereocenters. The molecule has 0 aliphatic carbocycles. The molecule has 3 aromatic rings. The highest BCUT2D eigenvalue weighted by atomic mass is 16.5. The molecule has 2 heterocycles. The Kier molecular flexibility index (Phi) is 4.05. The van der Waals surface area contributed by atoms with Gasteiger partial charge in [-0.15, -0.1) is 0 Å². The molecule has 0 atom stereocenters. The van der Waals surface area contributed by atoms with Crippen LogP contribution < -0.4 is 10.5 Å². The van der Waals surface area contributed by atoms with E-state index in [9.17, 15) is 0 Å². The number of pyridine rings is 1. The van der Waals surface area contributed by atoms with Gasteiger partial charge in [-0.25, -0.2) is 4.98 Å². The van der Waals surface area contributed by atoms with Crippen molar-refractivity contribution in [2.75, 3.05) is 13.7 Å². The van der Waals surface area contributed by atoms with Gasteiger partial charge < -0.3 is 15.0 Å². The molecule has 2 N–H and O–H groups in total. The van der Waals surface area contributed by atoms with Gasteiger partial charge in [-0.1, -0.05) is 26.0 Å². The van der Waals surface area contributed by atoms with Gasteiger partial charge in [0.05, 0.1) is 24.6 Å². The Morgan fingerprint density at radius 1 is 1.22 bits per heavy atom. The van der Waals surface area contributed by atoms with Crippen LogP contribution in [-0.2, 0) is 6.54 Å². The van der Waals surface area contributed by atoms with Gasteiger partial charge in [0.1, 0.15) is 11.3 Å². The van der Waals surface area contributed by atoms with Gasteiger partial charge in [0.15, 0.2) is 0 Å². The van der Waals surface area contributed by atoms with Gasteiger partial charge in [-0.2, -0.15) is 0 Å². The summed E-state index contributed by atoms with van der Waals surface area (Å²) in [7, 11) is 1.66. The van der Waals surface area contributed by atoms with Crippen LogP contribution >= 0.6 is 0 Å². The zero-order valence-corrected chi connectivity index (χ0v) is 13.8. The maximum atomic E-state index is 5.86. The Hall–Kier alpha value is -2.40. The summed E-state index contributed by atoms with van der Waals surface area (Å²) < 4.78 is 7.45. The first-order valence-corrected chi connectivity index (χ1v) is 7.68. The lowest BCUT2D eigenvalue weighted by atomic mass is 9.94. The van der Waals surface area contributed by atoms with Crippen molar-refractivity contribution in [2.45, 2.75) is 20.4 Å². The van der Waals surface area contributed by atoms with Crippen LogP contribution in [-0.4, -0.2) is 28.2 Å². The summed E-state index contributed by atoms with van der Waals surface area (Å²) in [4.78, 5) is 9.11.